The Labute approximate surface area is 180 Å². The second-order valence-corrected chi connectivity index (χ2v) is 7.95. The zero-order chi connectivity index (χ0) is 21.8. The molecule has 0 saturated carbocycles. The van der Waals surface area contributed by atoms with E-state index in [4.69, 9.17) is 0 Å². The SMILES string of the molecule is Cc1cc(=O)c(C(=O)NCc2ccccc2C[NH+]2CCCC2)nn1-c1ccccc1F. The minimum atomic E-state index is -0.571. The molecule has 160 valence electrons. The summed E-state index contributed by atoms with van der Waals surface area (Å²) in [5.74, 6) is -1.05. The largest absolute Gasteiger partial charge is 0.346 e. The number of hydrogen-bond donors (Lipinski definition) is 2. The minimum absolute atomic E-state index is 0.188. The molecule has 0 spiro atoms. The Morgan fingerprint density at radius 2 is 1.77 bits per heavy atom. The van der Waals surface area contributed by atoms with Gasteiger partial charge in [-0.05, 0) is 24.6 Å². The molecule has 1 aliphatic rings. The lowest BCUT2D eigenvalue weighted by molar-refractivity contribution is -0.901. The number of rotatable bonds is 6. The van der Waals surface area contributed by atoms with E-state index < -0.39 is 17.2 Å². The van der Waals surface area contributed by atoms with E-state index in [0.29, 0.717) is 12.2 Å². The van der Waals surface area contributed by atoms with Gasteiger partial charge in [-0.25, -0.2) is 9.07 Å². The molecule has 4 rings (SSSR count). The van der Waals surface area contributed by atoms with E-state index in [9.17, 15) is 14.0 Å². The van der Waals surface area contributed by atoms with Crippen LogP contribution in [0.5, 0.6) is 0 Å². The van der Waals surface area contributed by atoms with Crippen LogP contribution in [0.1, 0.15) is 40.2 Å². The Bertz CT molecular complexity index is 1150. The van der Waals surface area contributed by atoms with Crippen LogP contribution in [-0.2, 0) is 13.1 Å². The van der Waals surface area contributed by atoms with Gasteiger partial charge in [0.25, 0.3) is 5.91 Å². The lowest BCUT2D eigenvalue weighted by atomic mass is 10.1. The van der Waals surface area contributed by atoms with Crippen LogP contribution in [0.3, 0.4) is 0 Å². The van der Waals surface area contributed by atoms with Crippen molar-refractivity contribution in [2.75, 3.05) is 13.1 Å². The maximum Gasteiger partial charge on any atom is 0.276 e. The number of nitrogens with one attached hydrogen (secondary N) is 2. The fraction of sp³-hybridized carbons (Fsp3) is 0.292. The highest BCUT2D eigenvalue weighted by Crippen LogP contribution is 2.13. The summed E-state index contributed by atoms with van der Waals surface area (Å²) in [7, 11) is 0. The number of carbonyl (C=O) groups excluding carboxylic acids is 1. The lowest BCUT2D eigenvalue weighted by Crippen LogP contribution is -3.08. The molecule has 1 aliphatic heterocycles. The number of likely N-dealkylation sites (tertiary alicyclic amines) is 1. The summed E-state index contributed by atoms with van der Waals surface area (Å²) in [6.07, 6.45) is 2.50. The van der Waals surface area contributed by atoms with Crippen molar-refractivity contribution in [3.05, 3.63) is 93.2 Å². The molecular weight excluding hydrogens is 395 g/mol. The zero-order valence-electron chi connectivity index (χ0n) is 17.5. The molecule has 3 aromatic rings. The number of para-hydroxylation sites is 1. The predicted octanol–water partition coefficient (Wildman–Crippen LogP) is 1.79. The van der Waals surface area contributed by atoms with Gasteiger partial charge in [0.2, 0.25) is 5.43 Å². The maximum absolute atomic E-state index is 14.2. The van der Waals surface area contributed by atoms with E-state index in [1.54, 1.807) is 30.0 Å². The summed E-state index contributed by atoms with van der Waals surface area (Å²) in [6.45, 7) is 5.22. The van der Waals surface area contributed by atoms with E-state index in [2.05, 4.69) is 16.5 Å². The molecule has 0 aliphatic carbocycles. The van der Waals surface area contributed by atoms with Crippen molar-refractivity contribution in [3.63, 3.8) is 0 Å². The van der Waals surface area contributed by atoms with Crippen LogP contribution >= 0.6 is 0 Å². The van der Waals surface area contributed by atoms with Gasteiger partial charge in [0.1, 0.15) is 18.0 Å². The van der Waals surface area contributed by atoms with Gasteiger partial charge in [0.15, 0.2) is 5.69 Å². The summed E-state index contributed by atoms with van der Waals surface area (Å²) in [5, 5.41) is 6.99. The van der Waals surface area contributed by atoms with E-state index in [0.717, 1.165) is 12.1 Å². The molecule has 0 radical (unpaired) electrons. The van der Waals surface area contributed by atoms with E-state index in [1.807, 2.05) is 18.2 Å². The molecule has 2 aromatic carbocycles. The number of halogens is 1. The quantitative estimate of drug-likeness (QED) is 0.638. The smallest absolute Gasteiger partial charge is 0.276 e. The first-order valence-corrected chi connectivity index (χ1v) is 10.6. The second-order valence-electron chi connectivity index (χ2n) is 7.95. The first-order chi connectivity index (χ1) is 15.0. The Balaban J connectivity index is 1.54. The van der Waals surface area contributed by atoms with Gasteiger partial charge < -0.3 is 10.2 Å². The molecule has 31 heavy (non-hydrogen) atoms. The summed E-state index contributed by atoms with van der Waals surface area (Å²) < 4.78 is 15.5. The number of quaternary nitrogens is 1. The number of aryl methyl sites for hydroxylation is 1. The van der Waals surface area contributed by atoms with E-state index in [-0.39, 0.29) is 11.4 Å². The Kier molecular flexibility index (Phi) is 6.23. The third-order valence-corrected chi connectivity index (χ3v) is 5.71. The average molecular weight is 421 g/mol. The van der Waals surface area contributed by atoms with Crippen LogP contribution in [0.25, 0.3) is 5.69 Å². The predicted molar refractivity (Wildman–Crippen MR) is 116 cm³/mol. The Hall–Kier alpha value is -3.32. The van der Waals surface area contributed by atoms with E-state index >= 15 is 0 Å². The molecule has 0 atom stereocenters. The van der Waals surface area contributed by atoms with Crippen LogP contribution in [0.4, 0.5) is 4.39 Å². The monoisotopic (exact) mass is 421 g/mol. The number of aromatic nitrogens is 2. The second kappa shape index (κ2) is 9.22. The number of benzene rings is 2. The molecule has 2 heterocycles. The van der Waals surface area contributed by atoms with Gasteiger partial charge in [0.05, 0.1) is 13.1 Å². The highest BCUT2D eigenvalue weighted by atomic mass is 19.1. The highest BCUT2D eigenvalue weighted by Gasteiger charge is 2.19. The van der Waals surface area contributed by atoms with Crippen molar-refractivity contribution in [2.45, 2.75) is 32.9 Å². The Morgan fingerprint density at radius 3 is 2.52 bits per heavy atom. The van der Waals surface area contributed by atoms with Crippen LogP contribution < -0.4 is 15.6 Å². The molecule has 2 N–H and O–H groups in total. The van der Waals surface area contributed by atoms with Gasteiger partial charge in [-0.15, -0.1) is 0 Å². The topological polar surface area (TPSA) is 68.4 Å². The van der Waals surface area contributed by atoms with Crippen LogP contribution in [0.2, 0.25) is 0 Å². The van der Waals surface area contributed by atoms with Crippen LogP contribution in [0, 0.1) is 12.7 Å². The molecule has 0 unspecified atom stereocenters. The fourth-order valence-electron chi connectivity index (χ4n) is 4.05. The van der Waals surface area contributed by atoms with Crippen molar-refractivity contribution in [1.29, 1.82) is 0 Å². The summed E-state index contributed by atoms with van der Waals surface area (Å²) >= 11 is 0. The lowest BCUT2D eigenvalue weighted by Gasteiger charge is -2.16. The van der Waals surface area contributed by atoms with Gasteiger partial charge in [0, 0.05) is 36.7 Å². The zero-order valence-corrected chi connectivity index (χ0v) is 17.5. The molecular formula is C24H26FN4O2+. The standard InChI is InChI=1S/C24H25FN4O2/c1-17-14-22(30)23(27-29(17)21-11-5-4-10-20(21)25)24(31)26-15-18-8-2-3-9-19(18)16-28-12-6-7-13-28/h2-5,8-11,14H,6-7,12-13,15-16H2,1H3,(H,26,31)/p+1. The number of carbonyl (C=O) groups is 1. The third-order valence-electron chi connectivity index (χ3n) is 5.71. The van der Waals surface area contributed by atoms with Crippen molar-refractivity contribution in [2.24, 2.45) is 0 Å². The highest BCUT2D eigenvalue weighted by molar-refractivity contribution is 5.92. The van der Waals surface area contributed by atoms with E-state index in [1.165, 1.54) is 48.3 Å². The van der Waals surface area contributed by atoms with Gasteiger partial charge in [-0.2, -0.15) is 5.10 Å². The molecule has 1 amide bonds. The molecule has 0 bridgehead atoms. The normalized spacial score (nSPS) is 14.0. The van der Waals surface area contributed by atoms with Crippen molar-refractivity contribution in [3.8, 4) is 5.69 Å². The first kappa shape index (κ1) is 20.9. The van der Waals surface area contributed by atoms with Crippen molar-refractivity contribution < 1.29 is 14.1 Å². The summed E-state index contributed by atoms with van der Waals surface area (Å²) in [4.78, 5) is 26.8. The molecule has 6 nitrogen and oxygen atoms in total. The van der Waals surface area contributed by atoms with Gasteiger partial charge in [-0.3, -0.25) is 9.59 Å². The average Bonchev–Trinajstić information content (AvgIpc) is 3.27. The maximum atomic E-state index is 14.2. The number of nitrogens with zero attached hydrogens (tertiary/aromatic N) is 2. The van der Waals surface area contributed by atoms with Crippen molar-refractivity contribution >= 4 is 5.91 Å². The number of amides is 1. The Morgan fingerprint density at radius 1 is 1.10 bits per heavy atom. The molecule has 7 heteroatoms. The fourth-order valence-corrected chi connectivity index (χ4v) is 4.05. The van der Waals surface area contributed by atoms with Gasteiger partial charge in [-0.1, -0.05) is 36.4 Å². The summed E-state index contributed by atoms with van der Waals surface area (Å²) in [5.41, 5.74) is 2.12. The van der Waals surface area contributed by atoms with Crippen LogP contribution in [-0.4, -0.2) is 28.8 Å². The minimum Gasteiger partial charge on any atom is -0.346 e. The molecule has 1 saturated heterocycles. The molecule has 1 aromatic heterocycles. The first-order valence-electron chi connectivity index (χ1n) is 10.6. The summed E-state index contributed by atoms with van der Waals surface area (Å²) in [6, 6.07) is 15.4. The van der Waals surface area contributed by atoms with Gasteiger partial charge >= 0.3 is 0 Å². The third kappa shape index (κ3) is 4.72. The molecule has 1 fully saturated rings. The number of hydrogen-bond acceptors (Lipinski definition) is 3. The van der Waals surface area contributed by atoms with Crippen LogP contribution in [0.15, 0.2) is 59.4 Å². The van der Waals surface area contributed by atoms with Crippen molar-refractivity contribution in [1.82, 2.24) is 15.1 Å².